The maximum absolute atomic E-state index is 3.60. The van der Waals surface area contributed by atoms with Crippen LogP contribution in [0.3, 0.4) is 0 Å². The van der Waals surface area contributed by atoms with Gasteiger partial charge in [0.2, 0.25) is 0 Å². The second kappa shape index (κ2) is 5.54. The van der Waals surface area contributed by atoms with Gasteiger partial charge in [-0.15, -0.1) is 0 Å². The van der Waals surface area contributed by atoms with E-state index in [-0.39, 0.29) is 0 Å². The number of hydrogen-bond donors (Lipinski definition) is 1. The molecular formula is C15H24N2. The van der Waals surface area contributed by atoms with Gasteiger partial charge in [-0.1, -0.05) is 17.7 Å². The van der Waals surface area contributed by atoms with Gasteiger partial charge in [0.15, 0.2) is 0 Å². The second-order valence-corrected chi connectivity index (χ2v) is 5.47. The minimum atomic E-state index is 0.800. The summed E-state index contributed by atoms with van der Waals surface area (Å²) in [5.74, 6) is 0.800. The molecule has 1 aliphatic rings. The Hall–Kier alpha value is -1.02. The molecule has 2 heteroatoms. The van der Waals surface area contributed by atoms with Gasteiger partial charge in [-0.2, -0.15) is 0 Å². The summed E-state index contributed by atoms with van der Waals surface area (Å²) in [7, 11) is 2.23. The molecule has 1 saturated heterocycles. The monoisotopic (exact) mass is 232 g/mol. The van der Waals surface area contributed by atoms with Crippen molar-refractivity contribution in [2.24, 2.45) is 5.92 Å². The molecule has 0 aliphatic carbocycles. The topological polar surface area (TPSA) is 15.3 Å². The largest absolute Gasteiger partial charge is 0.385 e. The summed E-state index contributed by atoms with van der Waals surface area (Å²) in [6.07, 6.45) is 2.71. The third-order valence-electron chi connectivity index (χ3n) is 3.69. The Bertz CT molecular complexity index is 373. The molecule has 0 saturated carbocycles. The summed E-state index contributed by atoms with van der Waals surface area (Å²) in [6, 6.07) is 6.63. The summed E-state index contributed by atoms with van der Waals surface area (Å²) in [5.41, 5.74) is 3.99. The fourth-order valence-corrected chi connectivity index (χ4v) is 2.71. The lowest BCUT2D eigenvalue weighted by Gasteiger charge is -2.30. The van der Waals surface area contributed by atoms with Gasteiger partial charge >= 0.3 is 0 Å². The SMILES string of the molecule is Cc1ccc(NCC2CCCN(C)C2)c(C)c1. The zero-order chi connectivity index (χ0) is 12.3. The molecule has 0 aromatic heterocycles. The summed E-state index contributed by atoms with van der Waals surface area (Å²) in [6.45, 7) is 7.93. The number of benzene rings is 1. The molecule has 1 aromatic rings. The van der Waals surface area contributed by atoms with Crippen molar-refractivity contribution in [1.82, 2.24) is 4.90 Å². The Morgan fingerprint density at radius 3 is 2.88 bits per heavy atom. The molecule has 1 heterocycles. The van der Waals surface area contributed by atoms with Crippen molar-refractivity contribution < 1.29 is 0 Å². The molecule has 1 atom stereocenters. The van der Waals surface area contributed by atoms with Crippen LogP contribution in [0.15, 0.2) is 18.2 Å². The zero-order valence-corrected chi connectivity index (χ0v) is 11.3. The number of aryl methyl sites for hydroxylation is 2. The first-order chi connectivity index (χ1) is 8.15. The maximum atomic E-state index is 3.60. The third kappa shape index (κ3) is 3.47. The summed E-state index contributed by atoms with van der Waals surface area (Å²) in [4.78, 5) is 2.44. The molecule has 1 N–H and O–H groups in total. The minimum absolute atomic E-state index is 0.800. The highest BCUT2D eigenvalue weighted by Crippen LogP contribution is 2.19. The van der Waals surface area contributed by atoms with Crippen LogP contribution in [0.5, 0.6) is 0 Å². The molecule has 1 aliphatic heterocycles. The highest BCUT2D eigenvalue weighted by Gasteiger charge is 2.16. The van der Waals surface area contributed by atoms with Crippen LogP contribution in [0.25, 0.3) is 0 Å². The van der Waals surface area contributed by atoms with Crippen LogP contribution in [0, 0.1) is 19.8 Å². The molecule has 0 spiro atoms. The Balaban J connectivity index is 1.88. The van der Waals surface area contributed by atoms with E-state index in [1.165, 1.54) is 42.7 Å². The maximum Gasteiger partial charge on any atom is 0.0370 e. The van der Waals surface area contributed by atoms with E-state index in [0.717, 1.165) is 12.5 Å². The van der Waals surface area contributed by atoms with Crippen molar-refractivity contribution in [3.05, 3.63) is 29.3 Å². The van der Waals surface area contributed by atoms with Crippen LogP contribution >= 0.6 is 0 Å². The molecule has 2 nitrogen and oxygen atoms in total. The Labute approximate surface area is 105 Å². The van der Waals surface area contributed by atoms with Crippen molar-refractivity contribution in [3.63, 3.8) is 0 Å². The number of piperidine rings is 1. The number of nitrogens with one attached hydrogen (secondary N) is 1. The first kappa shape index (κ1) is 12.4. The van der Waals surface area contributed by atoms with Gasteiger partial charge in [-0.3, -0.25) is 0 Å². The van der Waals surface area contributed by atoms with Gasteiger partial charge in [0.05, 0.1) is 0 Å². The summed E-state index contributed by atoms with van der Waals surface area (Å²) in [5, 5.41) is 3.60. The van der Waals surface area contributed by atoms with Crippen molar-refractivity contribution in [1.29, 1.82) is 0 Å². The minimum Gasteiger partial charge on any atom is -0.385 e. The Kier molecular flexibility index (Phi) is 4.06. The molecule has 2 rings (SSSR count). The van der Waals surface area contributed by atoms with E-state index in [9.17, 15) is 0 Å². The molecule has 1 aromatic carbocycles. The fourth-order valence-electron chi connectivity index (χ4n) is 2.71. The molecular weight excluding hydrogens is 208 g/mol. The van der Waals surface area contributed by atoms with Gasteiger partial charge in [-0.05, 0) is 57.8 Å². The number of anilines is 1. The van der Waals surface area contributed by atoms with Crippen molar-refractivity contribution >= 4 is 5.69 Å². The molecule has 1 fully saturated rings. The van der Waals surface area contributed by atoms with Crippen LogP contribution < -0.4 is 5.32 Å². The van der Waals surface area contributed by atoms with E-state index in [1.54, 1.807) is 0 Å². The van der Waals surface area contributed by atoms with E-state index in [2.05, 4.69) is 49.3 Å². The third-order valence-corrected chi connectivity index (χ3v) is 3.69. The lowest BCUT2D eigenvalue weighted by atomic mass is 9.98. The zero-order valence-electron chi connectivity index (χ0n) is 11.3. The fraction of sp³-hybridized carbons (Fsp3) is 0.600. The van der Waals surface area contributed by atoms with Crippen molar-refractivity contribution in [2.75, 3.05) is 32.0 Å². The number of rotatable bonds is 3. The molecule has 1 unspecified atom stereocenters. The van der Waals surface area contributed by atoms with Gasteiger partial charge < -0.3 is 10.2 Å². The van der Waals surface area contributed by atoms with E-state index < -0.39 is 0 Å². The van der Waals surface area contributed by atoms with Gasteiger partial charge in [0.1, 0.15) is 0 Å². The van der Waals surface area contributed by atoms with Crippen LogP contribution in [-0.4, -0.2) is 31.6 Å². The number of hydrogen-bond acceptors (Lipinski definition) is 2. The lowest BCUT2D eigenvalue weighted by Crippen LogP contribution is -2.35. The molecule has 17 heavy (non-hydrogen) atoms. The Morgan fingerprint density at radius 2 is 2.18 bits per heavy atom. The smallest absolute Gasteiger partial charge is 0.0370 e. The molecule has 0 radical (unpaired) electrons. The predicted molar refractivity (Wildman–Crippen MR) is 74.6 cm³/mol. The van der Waals surface area contributed by atoms with Crippen molar-refractivity contribution in [3.8, 4) is 0 Å². The van der Waals surface area contributed by atoms with Crippen LogP contribution in [0.2, 0.25) is 0 Å². The van der Waals surface area contributed by atoms with Crippen molar-refractivity contribution in [2.45, 2.75) is 26.7 Å². The second-order valence-electron chi connectivity index (χ2n) is 5.47. The molecule has 0 bridgehead atoms. The first-order valence-corrected chi connectivity index (χ1v) is 6.65. The summed E-state index contributed by atoms with van der Waals surface area (Å²) < 4.78 is 0. The average molecular weight is 232 g/mol. The Morgan fingerprint density at radius 1 is 1.35 bits per heavy atom. The molecule has 0 amide bonds. The van der Waals surface area contributed by atoms with Crippen LogP contribution in [0.4, 0.5) is 5.69 Å². The van der Waals surface area contributed by atoms with Crippen LogP contribution in [-0.2, 0) is 0 Å². The lowest BCUT2D eigenvalue weighted by molar-refractivity contribution is 0.217. The summed E-state index contributed by atoms with van der Waals surface area (Å²) >= 11 is 0. The standard InChI is InChI=1S/C15H24N2/c1-12-6-7-15(13(2)9-12)16-10-14-5-4-8-17(3)11-14/h6-7,9,14,16H,4-5,8,10-11H2,1-3H3. The number of nitrogens with zero attached hydrogens (tertiary/aromatic N) is 1. The quantitative estimate of drug-likeness (QED) is 0.861. The normalized spacial score (nSPS) is 21.5. The highest BCUT2D eigenvalue weighted by molar-refractivity contribution is 5.51. The predicted octanol–water partition coefficient (Wildman–Crippen LogP) is 3.06. The first-order valence-electron chi connectivity index (χ1n) is 6.65. The van der Waals surface area contributed by atoms with E-state index in [4.69, 9.17) is 0 Å². The van der Waals surface area contributed by atoms with Gasteiger partial charge in [0.25, 0.3) is 0 Å². The average Bonchev–Trinajstić information content (AvgIpc) is 2.28. The highest BCUT2D eigenvalue weighted by atomic mass is 15.1. The van der Waals surface area contributed by atoms with E-state index in [1.807, 2.05) is 0 Å². The van der Waals surface area contributed by atoms with E-state index in [0.29, 0.717) is 0 Å². The number of likely N-dealkylation sites (tertiary alicyclic amines) is 1. The van der Waals surface area contributed by atoms with Crippen LogP contribution in [0.1, 0.15) is 24.0 Å². The van der Waals surface area contributed by atoms with E-state index >= 15 is 0 Å². The van der Waals surface area contributed by atoms with Gasteiger partial charge in [0, 0.05) is 18.8 Å². The molecule has 94 valence electrons. The van der Waals surface area contributed by atoms with Gasteiger partial charge in [-0.25, -0.2) is 0 Å².